The van der Waals surface area contributed by atoms with E-state index in [1.54, 1.807) is 0 Å². The second-order valence-corrected chi connectivity index (χ2v) is 15.2. The maximum atomic E-state index is 13.2. The SMILES string of the molecule is CCCCCCCCCCCCCCC1OC1OC(=O)C1CC2OC2CC1C(=O)OC1OC1CCCCCCCCCCCCCC. The normalized spacial score (nSPS) is 28.9. The van der Waals surface area contributed by atoms with Crippen LogP contribution in [0.25, 0.3) is 0 Å². The Morgan fingerprint density at radius 3 is 1.06 bits per heavy atom. The van der Waals surface area contributed by atoms with Crippen molar-refractivity contribution in [1.29, 1.82) is 0 Å². The van der Waals surface area contributed by atoms with Crippen LogP contribution in [-0.4, -0.2) is 48.9 Å². The first-order chi connectivity index (χ1) is 23.1. The Balaban J connectivity index is 0.993. The van der Waals surface area contributed by atoms with Crippen LogP contribution in [-0.2, 0) is 33.3 Å². The molecule has 4 aliphatic rings. The molecule has 1 saturated carbocycles. The molecule has 7 heteroatoms. The van der Waals surface area contributed by atoms with Gasteiger partial charge in [0.05, 0.1) is 24.0 Å². The summed E-state index contributed by atoms with van der Waals surface area (Å²) in [5.74, 6) is -1.74. The van der Waals surface area contributed by atoms with Gasteiger partial charge in [0.2, 0.25) is 12.6 Å². The quantitative estimate of drug-likeness (QED) is 0.0429. The lowest BCUT2D eigenvalue weighted by atomic mass is 9.79. The van der Waals surface area contributed by atoms with E-state index < -0.39 is 24.4 Å². The number of hydrogen-bond acceptors (Lipinski definition) is 7. The summed E-state index contributed by atoms with van der Waals surface area (Å²) in [6, 6.07) is 0. The summed E-state index contributed by atoms with van der Waals surface area (Å²) in [5, 5.41) is 0. The topological polar surface area (TPSA) is 90.2 Å². The van der Waals surface area contributed by atoms with Gasteiger partial charge in [-0.3, -0.25) is 9.59 Å². The molecule has 1 aliphatic carbocycles. The van der Waals surface area contributed by atoms with Crippen molar-refractivity contribution in [3.63, 3.8) is 0 Å². The van der Waals surface area contributed by atoms with Crippen molar-refractivity contribution in [3.05, 3.63) is 0 Å². The first-order valence-corrected chi connectivity index (χ1v) is 20.5. The highest BCUT2D eigenvalue weighted by Gasteiger charge is 2.56. The zero-order chi connectivity index (χ0) is 33.1. The first-order valence-electron chi connectivity index (χ1n) is 20.5. The third-order valence-corrected chi connectivity index (χ3v) is 11.0. The molecule has 3 heterocycles. The average Bonchev–Trinajstić information content (AvgIpc) is 3.99. The monoisotopic (exact) mass is 663 g/mol. The largest absolute Gasteiger partial charge is 0.433 e. The van der Waals surface area contributed by atoms with Crippen LogP contribution in [0.3, 0.4) is 0 Å². The van der Waals surface area contributed by atoms with E-state index in [1.807, 2.05) is 0 Å². The van der Waals surface area contributed by atoms with Crippen LogP contribution < -0.4 is 0 Å². The van der Waals surface area contributed by atoms with Crippen LogP contribution in [0.5, 0.6) is 0 Å². The van der Waals surface area contributed by atoms with Crippen molar-refractivity contribution in [1.82, 2.24) is 0 Å². The second kappa shape index (κ2) is 22.5. The van der Waals surface area contributed by atoms with Gasteiger partial charge in [0.15, 0.2) is 0 Å². The fourth-order valence-electron chi connectivity index (χ4n) is 7.59. The average molecular weight is 663 g/mol. The second-order valence-electron chi connectivity index (χ2n) is 15.2. The summed E-state index contributed by atoms with van der Waals surface area (Å²) in [5.41, 5.74) is 0. The fourth-order valence-corrected chi connectivity index (χ4v) is 7.59. The molecule has 0 N–H and O–H groups in total. The van der Waals surface area contributed by atoms with Crippen molar-refractivity contribution in [2.24, 2.45) is 11.8 Å². The Hall–Kier alpha value is -1.18. The number of ether oxygens (including phenoxy) is 5. The lowest BCUT2D eigenvalue weighted by molar-refractivity contribution is -0.167. The van der Waals surface area contributed by atoms with Gasteiger partial charge in [0, 0.05) is 0 Å². The molecule has 0 amide bonds. The molecule has 47 heavy (non-hydrogen) atoms. The number of carbonyl (C=O) groups is 2. The van der Waals surface area contributed by atoms with Crippen LogP contribution in [0.4, 0.5) is 0 Å². The molecule has 7 nitrogen and oxygen atoms in total. The van der Waals surface area contributed by atoms with E-state index in [0.717, 1.165) is 25.7 Å². The highest BCUT2D eigenvalue weighted by Crippen LogP contribution is 2.45. The Labute approximate surface area is 287 Å². The Morgan fingerprint density at radius 2 is 0.745 bits per heavy atom. The molecule has 4 rings (SSSR count). The van der Waals surface area contributed by atoms with Crippen LogP contribution >= 0.6 is 0 Å². The Bertz CT molecular complexity index is 796. The highest BCUT2D eigenvalue weighted by atomic mass is 16.8. The Kier molecular flexibility index (Phi) is 18.5. The van der Waals surface area contributed by atoms with Crippen molar-refractivity contribution < 1.29 is 33.3 Å². The summed E-state index contributed by atoms with van der Waals surface area (Å²) in [6.07, 6.45) is 33.9. The zero-order valence-electron chi connectivity index (χ0n) is 30.3. The molecule has 0 bridgehead atoms. The van der Waals surface area contributed by atoms with Gasteiger partial charge >= 0.3 is 11.9 Å². The molecule has 0 radical (unpaired) electrons. The van der Waals surface area contributed by atoms with Gasteiger partial charge in [-0.2, -0.15) is 0 Å². The molecule has 8 unspecified atom stereocenters. The van der Waals surface area contributed by atoms with Gasteiger partial charge in [-0.25, -0.2) is 0 Å². The van der Waals surface area contributed by atoms with Gasteiger partial charge in [-0.15, -0.1) is 0 Å². The number of unbranched alkanes of at least 4 members (excludes halogenated alkanes) is 22. The van der Waals surface area contributed by atoms with Crippen LogP contribution in [0.15, 0.2) is 0 Å². The molecule has 8 atom stereocenters. The van der Waals surface area contributed by atoms with Crippen molar-refractivity contribution in [2.75, 3.05) is 0 Å². The van der Waals surface area contributed by atoms with E-state index in [0.29, 0.717) is 12.8 Å². The number of hydrogen-bond donors (Lipinski definition) is 0. The van der Waals surface area contributed by atoms with Gasteiger partial charge in [0.25, 0.3) is 0 Å². The highest BCUT2D eigenvalue weighted by molar-refractivity contribution is 5.83. The minimum absolute atomic E-state index is 0.00179. The molecule has 4 fully saturated rings. The fraction of sp³-hybridized carbons (Fsp3) is 0.950. The van der Waals surface area contributed by atoms with Gasteiger partial charge in [-0.05, 0) is 25.7 Å². The predicted octanol–water partition coefficient (Wildman–Crippen LogP) is 10.5. The van der Waals surface area contributed by atoms with Crippen molar-refractivity contribution in [2.45, 2.75) is 231 Å². The van der Waals surface area contributed by atoms with E-state index in [9.17, 15) is 9.59 Å². The lowest BCUT2D eigenvalue weighted by Gasteiger charge is -2.25. The van der Waals surface area contributed by atoms with E-state index in [-0.39, 0.29) is 36.4 Å². The maximum absolute atomic E-state index is 13.2. The first kappa shape index (κ1) is 38.6. The van der Waals surface area contributed by atoms with Crippen LogP contribution in [0.2, 0.25) is 0 Å². The minimum atomic E-state index is -0.531. The molecule has 3 aliphatic heterocycles. The number of epoxide rings is 3. The molecular weight excluding hydrogens is 592 g/mol. The Morgan fingerprint density at radius 1 is 0.447 bits per heavy atom. The van der Waals surface area contributed by atoms with Crippen molar-refractivity contribution >= 4 is 11.9 Å². The van der Waals surface area contributed by atoms with Gasteiger partial charge in [-0.1, -0.05) is 168 Å². The molecule has 272 valence electrons. The summed E-state index contributed by atoms with van der Waals surface area (Å²) < 4.78 is 28.5. The summed E-state index contributed by atoms with van der Waals surface area (Å²) >= 11 is 0. The van der Waals surface area contributed by atoms with E-state index in [2.05, 4.69) is 13.8 Å². The molecule has 0 aromatic carbocycles. The molecular formula is C40H70O7. The third kappa shape index (κ3) is 15.5. The summed E-state index contributed by atoms with van der Waals surface area (Å²) in [4.78, 5) is 26.3. The van der Waals surface area contributed by atoms with Crippen LogP contribution in [0, 0.1) is 11.8 Å². The number of fused-ring (bicyclic) bond motifs is 1. The minimum Gasteiger partial charge on any atom is -0.433 e. The number of carbonyl (C=O) groups excluding carboxylic acids is 2. The van der Waals surface area contributed by atoms with Gasteiger partial charge in [0.1, 0.15) is 12.2 Å². The predicted molar refractivity (Wildman–Crippen MR) is 186 cm³/mol. The zero-order valence-corrected chi connectivity index (χ0v) is 30.3. The molecule has 0 aromatic rings. The smallest absolute Gasteiger partial charge is 0.312 e. The molecule has 0 aromatic heterocycles. The molecule has 3 saturated heterocycles. The lowest BCUT2D eigenvalue weighted by Crippen LogP contribution is -2.38. The standard InChI is InChI=1S/C40H70O7/c1-3-5-7-9-11-13-15-17-19-21-23-25-27-33-39(44-33)46-37(41)31-29-35-36(43-35)30-32(31)38(42)47-40-34(45-40)28-26-24-22-20-18-16-14-12-10-8-6-4-2/h31-36,39-40H,3-30H2,1-2H3. The third-order valence-electron chi connectivity index (χ3n) is 11.0. The maximum Gasteiger partial charge on any atom is 0.312 e. The van der Waals surface area contributed by atoms with Crippen LogP contribution in [0.1, 0.15) is 194 Å². The van der Waals surface area contributed by atoms with E-state index in [1.165, 1.54) is 141 Å². The number of rotatable bonds is 30. The van der Waals surface area contributed by atoms with E-state index >= 15 is 0 Å². The number of esters is 2. The summed E-state index contributed by atoms with van der Waals surface area (Å²) in [6.45, 7) is 4.54. The summed E-state index contributed by atoms with van der Waals surface area (Å²) in [7, 11) is 0. The van der Waals surface area contributed by atoms with Crippen molar-refractivity contribution in [3.8, 4) is 0 Å². The van der Waals surface area contributed by atoms with Gasteiger partial charge < -0.3 is 23.7 Å². The van der Waals surface area contributed by atoms with E-state index in [4.69, 9.17) is 23.7 Å². The molecule has 0 spiro atoms.